The maximum atomic E-state index is 8.75. The predicted octanol–water partition coefficient (Wildman–Crippen LogP) is 0.906. The van der Waals surface area contributed by atoms with Crippen LogP contribution in [0.25, 0.3) is 0 Å². The molecule has 0 radical (unpaired) electrons. The monoisotopic (exact) mass is 205 g/mol. The zero-order valence-corrected chi connectivity index (χ0v) is 8.22. The Morgan fingerprint density at radius 2 is 2.40 bits per heavy atom. The third-order valence-corrected chi connectivity index (χ3v) is 2.20. The second kappa shape index (κ2) is 4.71. The molecule has 0 N–H and O–H groups in total. The topological polar surface area (TPSA) is 68.0 Å². The number of nitrogens with zero attached hydrogens (tertiary/aromatic N) is 3. The second-order valence-corrected chi connectivity index (χ2v) is 3.27. The molecule has 0 bridgehead atoms. The average Bonchev–Trinajstić information content (AvgIpc) is 2.79. The van der Waals surface area contributed by atoms with E-state index in [9.17, 15) is 0 Å². The molecule has 0 saturated carbocycles. The molecule has 0 amide bonds. The summed E-state index contributed by atoms with van der Waals surface area (Å²) in [6.07, 6.45) is 5.17. The van der Waals surface area contributed by atoms with E-state index in [0.29, 0.717) is 6.61 Å². The number of hydrogen-bond donors (Lipinski definition) is 0. The summed E-state index contributed by atoms with van der Waals surface area (Å²) in [5.74, 6) is 0.288. The lowest BCUT2D eigenvalue weighted by Gasteiger charge is -2.10. The number of ether oxygens (including phenoxy) is 2. The fraction of sp³-hybridized carbons (Fsp3) is 0.500. The quantitative estimate of drug-likeness (QED) is 0.733. The second-order valence-electron chi connectivity index (χ2n) is 3.27. The van der Waals surface area contributed by atoms with Crippen LogP contribution in [-0.2, 0) is 4.74 Å². The highest BCUT2D eigenvalue weighted by molar-refractivity contribution is 5.29. The van der Waals surface area contributed by atoms with Crippen LogP contribution in [0.3, 0.4) is 0 Å². The molecular weight excluding hydrogens is 194 g/mol. The van der Waals surface area contributed by atoms with Crippen molar-refractivity contribution in [2.24, 2.45) is 0 Å². The van der Waals surface area contributed by atoms with Crippen molar-refractivity contribution in [3.05, 3.63) is 18.1 Å². The Balaban J connectivity index is 1.95. The standard InChI is InChI=1S/C10H11N3O2/c11-6-9-10(13-4-3-12-9)15-7-8-2-1-5-14-8/h3-4,8H,1-2,5,7H2. The molecule has 1 aromatic rings. The first-order valence-corrected chi connectivity index (χ1v) is 4.85. The molecule has 0 spiro atoms. The highest BCUT2D eigenvalue weighted by Gasteiger charge is 2.17. The van der Waals surface area contributed by atoms with Gasteiger partial charge in [0.05, 0.1) is 6.10 Å². The van der Waals surface area contributed by atoms with E-state index >= 15 is 0 Å². The molecule has 1 aliphatic heterocycles. The van der Waals surface area contributed by atoms with Crippen LogP contribution < -0.4 is 4.74 Å². The summed E-state index contributed by atoms with van der Waals surface area (Å²) < 4.78 is 10.8. The van der Waals surface area contributed by atoms with Crippen LogP contribution in [0.1, 0.15) is 18.5 Å². The Morgan fingerprint density at radius 3 is 3.13 bits per heavy atom. The van der Waals surface area contributed by atoms with E-state index in [4.69, 9.17) is 14.7 Å². The van der Waals surface area contributed by atoms with Crippen molar-refractivity contribution >= 4 is 0 Å². The molecule has 0 aromatic carbocycles. The van der Waals surface area contributed by atoms with Gasteiger partial charge in [0, 0.05) is 19.0 Å². The van der Waals surface area contributed by atoms with Gasteiger partial charge in [-0.25, -0.2) is 9.97 Å². The fourth-order valence-electron chi connectivity index (χ4n) is 1.46. The highest BCUT2D eigenvalue weighted by Crippen LogP contribution is 2.15. The molecule has 5 heteroatoms. The van der Waals surface area contributed by atoms with Crippen molar-refractivity contribution in [3.63, 3.8) is 0 Å². The Bertz CT molecular complexity index is 369. The molecule has 1 atom stereocenters. The van der Waals surface area contributed by atoms with Gasteiger partial charge < -0.3 is 9.47 Å². The number of aromatic nitrogens is 2. The Morgan fingerprint density at radius 1 is 1.53 bits per heavy atom. The van der Waals surface area contributed by atoms with E-state index in [1.54, 1.807) is 0 Å². The van der Waals surface area contributed by atoms with E-state index in [-0.39, 0.29) is 17.7 Å². The van der Waals surface area contributed by atoms with Crippen molar-refractivity contribution < 1.29 is 9.47 Å². The van der Waals surface area contributed by atoms with Gasteiger partial charge in [-0.05, 0) is 12.8 Å². The first-order valence-electron chi connectivity index (χ1n) is 4.85. The molecule has 1 aliphatic rings. The third kappa shape index (κ3) is 2.42. The molecule has 1 aromatic heterocycles. The third-order valence-electron chi connectivity index (χ3n) is 2.20. The zero-order chi connectivity index (χ0) is 10.5. The van der Waals surface area contributed by atoms with Gasteiger partial charge in [-0.3, -0.25) is 0 Å². The minimum absolute atomic E-state index is 0.124. The Labute approximate surface area is 87.7 Å². The maximum absolute atomic E-state index is 8.75. The molecule has 1 saturated heterocycles. The van der Waals surface area contributed by atoms with Gasteiger partial charge >= 0.3 is 0 Å². The minimum atomic E-state index is 0.124. The number of rotatable bonds is 3. The van der Waals surface area contributed by atoms with Crippen LogP contribution in [0, 0.1) is 11.3 Å². The van der Waals surface area contributed by atoms with Crippen LogP contribution in [0.4, 0.5) is 0 Å². The summed E-state index contributed by atoms with van der Waals surface area (Å²) >= 11 is 0. The van der Waals surface area contributed by atoms with Crippen LogP contribution in [0.2, 0.25) is 0 Å². The Hall–Kier alpha value is -1.67. The van der Waals surface area contributed by atoms with Gasteiger partial charge in [0.15, 0.2) is 0 Å². The summed E-state index contributed by atoms with van der Waals surface area (Å²) in [5.41, 5.74) is 0.218. The first kappa shape index (κ1) is 9.87. The molecule has 2 heterocycles. The molecular formula is C10H11N3O2. The van der Waals surface area contributed by atoms with E-state index in [1.807, 2.05) is 6.07 Å². The van der Waals surface area contributed by atoms with Crippen LogP contribution >= 0.6 is 0 Å². The van der Waals surface area contributed by atoms with E-state index in [1.165, 1.54) is 12.4 Å². The minimum Gasteiger partial charge on any atom is -0.473 e. The van der Waals surface area contributed by atoms with Crippen molar-refractivity contribution in [1.29, 1.82) is 5.26 Å². The molecule has 1 fully saturated rings. The maximum Gasteiger partial charge on any atom is 0.251 e. The molecule has 5 nitrogen and oxygen atoms in total. The van der Waals surface area contributed by atoms with Gasteiger partial charge in [-0.2, -0.15) is 5.26 Å². The molecule has 2 rings (SSSR count). The van der Waals surface area contributed by atoms with E-state index in [2.05, 4.69) is 9.97 Å². The highest BCUT2D eigenvalue weighted by atomic mass is 16.5. The molecule has 15 heavy (non-hydrogen) atoms. The van der Waals surface area contributed by atoms with Crippen molar-refractivity contribution in [2.45, 2.75) is 18.9 Å². The number of nitriles is 1. The van der Waals surface area contributed by atoms with E-state index < -0.39 is 0 Å². The van der Waals surface area contributed by atoms with Gasteiger partial charge in [0.2, 0.25) is 5.69 Å². The smallest absolute Gasteiger partial charge is 0.251 e. The van der Waals surface area contributed by atoms with Crippen LogP contribution in [-0.4, -0.2) is 29.3 Å². The van der Waals surface area contributed by atoms with Crippen molar-refractivity contribution in [1.82, 2.24) is 9.97 Å². The summed E-state index contributed by atoms with van der Waals surface area (Å²) in [7, 11) is 0. The summed E-state index contributed by atoms with van der Waals surface area (Å²) in [4.78, 5) is 7.80. The van der Waals surface area contributed by atoms with Gasteiger partial charge in [0.25, 0.3) is 5.88 Å². The SMILES string of the molecule is N#Cc1nccnc1OCC1CCCO1. The fourth-order valence-corrected chi connectivity index (χ4v) is 1.46. The summed E-state index contributed by atoms with van der Waals surface area (Å²) in [6.45, 7) is 1.23. The molecule has 1 unspecified atom stereocenters. The van der Waals surface area contributed by atoms with Crippen LogP contribution in [0.5, 0.6) is 5.88 Å². The average molecular weight is 205 g/mol. The Kier molecular flexibility index (Phi) is 3.10. The van der Waals surface area contributed by atoms with Gasteiger partial charge in [0.1, 0.15) is 12.7 Å². The zero-order valence-electron chi connectivity index (χ0n) is 8.22. The normalized spacial score (nSPS) is 19.8. The van der Waals surface area contributed by atoms with Crippen molar-refractivity contribution in [3.8, 4) is 11.9 Å². The number of hydrogen-bond acceptors (Lipinski definition) is 5. The van der Waals surface area contributed by atoms with Gasteiger partial charge in [-0.1, -0.05) is 0 Å². The summed E-state index contributed by atoms with van der Waals surface area (Å²) in [6, 6.07) is 1.93. The van der Waals surface area contributed by atoms with E-state index in [0.717, 1.165) is 19.4 Å². The molecule has 0 aliphatic carbocycles. The lowest BCUT2D eigenvalue weighted by molar-refractivity contribution is 0.0660. The lowest BCUT2D eigenvalue weighted by Crippen LogP contribution is -2.17. The van der Waals surface area contributed by atoms with Crippen LogP contribution in [0.15, 0.2) is 12.4 Å². The molecule has 78 valence electrons. The first-order chi connectivity index (χ1) is 7.40. The van der Waals surface area contributed by atoms with Gasteiger partial charge in [-0.15, -0.1) is 0 Å². The summed E-state index contributed by atoms with van der Waals surface area (Å²) in [5, 5.41) is 8.75. The largest absolute Gasteiger partial charge is 0.473 e. The lowest BCUT2D eigenvalue weighted by atomic mass is 10.2. The predicted molar refractivity (Wildman–Crippen MR) is 51.2 cm³/mol. The van der Waals surface area contributed by atoms with Crippen molar-refractivity contribution in [2.75, 3.05) is 13.2 Å².